The zero-order valence-corrected chi connectivity index (χ0v) is 18.5. The van der Waals surface area contributed by atoms with Crippen LogP contribution in [0.3, 0.4) is 0 Å². The van der Waals surface area contributed by atoms with Gasteiger partial charge in [-0.1, -0.05) is 11.6 Å². The van der Waals surface area contributed by atoms with Crippen LogP contribution in [0.1, 0.15) is 13.8 Å². The molecular formula is C15H14Br2ClN5O2S. The summed E-state index contributed by atoms with van der Waals surface area (Å²) in [5.74, 6) is 0.148. The number of carbonyl (C=O) groups excluding carboxylic acids is 2. The molecule has 1 aliphatic rings. The Hall–Kier alpha value is -1.23. The molecule has 7 nitrogen and oxygen atoms in total. The topological polar surface area (TPSA) is 87.2 Å². The number of imide groups is 1. The fourth-order valence-electron chi connectivity index (χ4n) is 2.39. The van der Waals surface area contributed by atoms with Crippen LogP contribution in [0.25, 0.3) is 10.6 Å². The number of aromatic nitrogens is 2. The van der Waals surface area contributed by atoms with Crippen molar-refractivity contribution in [1.29, 1.82) is 0 Å². The van der Waals surface area contributed by atoms with Gasteiger partial charge < -0.3 is 10.6 Å². The van der Waals surface area contributed by atoms with Crippen molar-refractivity contribution in [2.45, 2.75) is 19.4 Å². The minimum absolute atomic E-state index is 0.221. The maximum atomic E-state index is 12.2. The van der Waals surface area contributed by atoms with Gasteiger partial charge in [-0.2, -0.15) is 0 Å². The summed E-state index contributed by atoms with van der Waals surface area (Å²) in [4.78, 5) is 34.8. The Labute approximate surface area is 175 Å². The van der Waals surface area contributed by atoms with Gasteiger partial charge in [-0.15, -0.1) is 11.3 Å². The lowest BCUT2D eigenvalue weighted by Gasteiger charge is -2.16. The Balaban J connectivity index is 1.69. The van der Waals surface area contributed by atoms with Crippen LogP contribution >= 0.6 is 54.8 Å². The van der Waals surface area contributed by atoms with Crippen LogP contribution in [-0.4, -0.2) is 45.4 Å². The number of nitrogens with zero attached hydrogens (tertiary/aromatic N) is 3. The number of halogens is 3. The molecule has 3 amide bonds. The van der Waals surface area contributed by atoms with Crippen LogP contribution in [0, 0.1) is 0 Å². The number of rotatable bonds is 5. The highest BCUT2D eigenvalue weighted by Gasteiger charge is 2.43. The first-order valence-corrected chi connectivity index (χ1v) is 10.3. The van der Waals surface area contributed by atoms with Crippen molar-refractivity contribution < 1.29 is 9.59 Å². The number of thiophene rings is 1. The number of urea groups is 1. The summed E-state index contributed by atoms with van der Waals surface area (Å²) in [6, 6.07) is 1.50. The Morgan fingerprint density at radius 3 is 2.65 bits per heavy atom. The molecule has 1 fully saturated rings. The summed E-state index contributed by atoms with van der Waals surface area (Å²) in [6.07, 6.45) is 1.64. The van der Waals surface area contributed by atoms with E-state index in [1.54, 1.807) is 20.0 Å². The highest BCUT2D eigenvalue weighted by Crippen LogP contribution is 2.39. The molecule has 0 unspecified atom stereocenters. The molecule has 11 heteroatoms. The molecule has 0 radical (unpaired) electrons. The fraction of sp³-hybridized carbons (Fsp3) is 0.333. The molecule has 0 atom stereocenters. The minimum atomic E-state index is -0.871. The maximum Gasteiger partial charge on any atom is 0.325 e. The van der Waals surface area contributed by atoms with E-state index in [1.807, 2.05) is 6.07 Å². The van der Waals surface area contributed by atoms with Crippen LogP contribution in [0.4, 0.5) is 10.7 Å². The predicted octanol–water partition coefficient (Wildman–Crippen LogP) is 4.13. The molecular weight excluding hydrogens is 510 g/mol. The second-order valence-electron chi connectivity index (χ2n) is 6.06. The van der Waals surface area contributed by atoms with E-state index in [9.17, 15) is 9.59 Å². The molecule has 2 aromatic rings. The normalized spacial score (nSPS) is 16.1. The van der Waals surface area contributed by atoms with Gasteiger partial charge in [-0.3, -0.25) is 9.69 Å². The summed E-state index contributed by atoms with van der Waals surface area (Å²) in [5, 5.41) is 5.69. The number of hydrogen-bond donors (Lipinski definition) is 2. The lowest BCUT2D eigenvalue weighted by atomic mass is 10.1. The monoisotopic (exact) mass is 521 g/mol. The van der Waals surface area contributed by atoms with Gasteiger partial charge in [-0.05, 0) is 51.8 Å². The zero-order valence-electron chi connectivity index (χ0n) is 13.8. The van der Waals surface area contributed by atoms with Crippen molar-refractivity contribution in [2.75, 3.05) is 18.4 Å². The average Bonchev–Trinajstić information content (AvgIpc) is 2.99. The molecule has 1 aliphatic heterocycles. The molecule has 2 N–H and O–H groups in total. The van der Waals surface area contributed by atoms with E-state index < -0.39 is 11.6 Å². The van der Waals surface area contributed by atoms with Gasteiger partial charge >= 0.3 is 6.03 Å². The Morgan fingerprint density at radius 1 is 1.35 bits per heavy atom. The molecule has 0 aromatic carbocycles. The lowest BCUT2D eigenvalue weighted by Crippen LogP contribution is -2.40. The third-order valence-corrected chi connectivity index (χ3v) is 6.75. The Kier molecular flexibility index (Phi) is 5.57. The lowest BCUT2D eigenvalue weighted by molar-refractivity contribution is -0.130. The molecule has 138 valence electrons. The summed E-state index contributed by atoms with van der Waals surface area (Å²) in [5.41, 5.74) is -0.166. The van der Waals surface area contributed by atoms with Gasteiger partial charge in [0.15, 0.2) is 0 Å². The maximum absolute atomic E-state index is 12.2. The van der Waals surface area contributed by atoms with E-state index in [-0.39, 0.29) is 12.5 Å². The van der Waals surface area contributed by atoms with E-state index >= 15 is 0 Å². The van der Waals surface area contributed by atoms with E-state index in [0.29, 0.717) is 22.5 Å². The molecule has 0 saturated carbocycles. The van der Waals surface area contributed by atoms with E-state index in [1.165, 1.54) is 16.2 Å². The standard InChI is InChI=1S/C15H14Br2ClN5O2S/c1-15(2)12(24)23(14(25)22-15)4-3-19-13-20-6-8(17)10(21-13)9-5-7(16)11(18)26-9/h5-6H,3-4H2,1-2H3,(H,22,25)(H,19,20,21). The van der Waals surface area contributed by atoms with Crippen molar-refractivity contribution in [1.82, 2.24) is 20.2 Å². The van der Waals surface area contributed by atoms with Gasteiger partial charge in [0.25, 0.3) is 5.91 Å². The zero-order chi connectivity index (χ0) is 19.1. The summed E-state index contributed by atoms with van der Waals surface area (Å²) in [7, 11) is 0. The van der Waals surface area contributed by atoms with E-state index in [2.05, 4.69) is 52.5 Å². The van der Waals surface area contributed by atoms with Gasteiger partial charge in [-0.25, -0.2) is 14.8 Å². The molecule has 0 bridgehead atoms. The van der Waals surface area contributed by atoms with Crippen LogP contribution in [-0.2, 0) is 4.79 Å². The van der Waals surface area contributed by atoms with Crippen molar-refractivity contribution in [3.05, 3.63) is 25.5 Å². The molecule has 2 aromatic heterocycles. The molecule has 0 spiro atoms. The van der Waals surface area contributed by atoms with E-state index in [4.69, 9.17) is 11.6 Å². The van der Waals surface area contributed by atoms with E-state index in [0.717, 1.165) is 13.8 Å². The first-order valence-electron chi connectivity index (χ1n) is 7.55. The van der Waals surface area contributed by atoms with Gasteiger partial charge in [0.05, 0.1) is 9.35 Å². The molecule has 0 aliphatic carbocycles. The second-order valence-corrected chi connectivity index (χ2v) is 9.42. The van der Waals surface area contributed by atoms with Crippen molar-refractivity contribution in [3.8, 4) is 10.6 Å². The molecule has 3 heterocycles. The number of carbonyl (C=O) groups is 2. The van der Waals surface area contributed by atoms with Gasteiger partial charge in [0, 0.05) is 23.8 Å². The first kappa shape index (κ1) is 19.5. The number of hydrogen-bond acceptors (Lipinski definition) is 6. The number of anilines is 1. The molecule has 26 heavy (non-hydrogen) atoms. The second kappa shape index (κ2) is 7.41. The largest absolute Gasteiger partial charge is 0.352 e. The Bertz CT molecular complexity index is 869. The highest BCUT2D eigenvalue weighted by atomic mass is 79.9. The Morgan fingerprint density at radius 2 is 2.08 bits per heavy atom. The smallest absolute Gasteiger partial charge is 0.325 e. The first-order chi connectivity index (χ1) is 12.2. The minimum Gasteiger partial charge on any atom is -0.352 e. The molecule has 3 rings (SSSR count). The predicted molar refractivity (Wildman–Crippen MR) is 109 cm³/mol. The summed E-state index contributed by atoms with van der Waals surface area (Å²) >= 11 is 14.3. The SMILES string of the molecule is CC1(C)NC(=O)N(CCNc2ncc(Br)c(-c3cc(Br)c(Cl)s3)n2)C1=O. The fourth-order valence-corrected chi connectivity index (χ4v) is 4.63. The van der Waals surface area contributed by atoms with Crippen molar-refractivity contribution in [2.24, 2.45) is 0 Å². The average molecular weight is 524 g/mol. The summed E-state index contributed by atoms with van der Waals surface area (Å²) in [6.45, 7) is 3.91. The van der Waals surface area contributed by atoms with Crippen LogP contribution in [0.5, 0.6) is 0 Å². The van der Waals surface area contributed by atoms with Crippen LogP contribution in [0.2, 0.25) is 4.34 Å². The third kappa shape index (κ3) is 3.88. The number of nitrogens with one attached hydrogen (secondary N) is 2. The molecule has 1 saturated heterocycles. The van der Waals surface area contributed by atoms with Crippen molar-refractivity contribution in [3.63, 3.8) is 0 Å². The number of amides is 3. The van der Waals surface area contributed by atoms with Gasteiger partial charge in [0.1, 0.15) is 15.6 Å². The highest BCUT2D eigenvalue weighted by molar-refractivity contribution is 9.11. The van der Waals surface area contributed by atoms with Crippen molar-refractivity contribution >= 4 is 72.7 Å². The third-order valence-electron chi connectivity index (χ3n) is 3.69. The van der Waals surface area contributed by atoms with Crippen LogP contribution in [0.15, 0.2) is 21.2 Å². The summed E-state index contributed by atoms with van der Waals surface area (Å²) < 4.78 is 2.19. The van der Waals surface area contributed by atoms with Crippen LogP contribution < -0.4 is 10.6 Å². The van der Waals surface area contributed by atoms with Gasteiger partial charge in [0.2, 0.25) is 5.95 Å². The quantitative estimate of drug-likeness (QED) is 0.576.